The molecule has 0 N–H and O–H groups in total. The Balaban J connectivity index is 2.16. The van der Waals surface area contributed by atoms with Gasteiger partial charge in [-0.25, -0.2) is 0 Å². The molecule has 1 aliphatic rings. The Morgan fingerprint density at radius 3 is 2.82 bits per heavy atom. The fraction of sp³-hybridized carbons (Fsp3) is 0.857. The Morgan fingerprint density at radius 1 is 1.73 bits per heavy atom. The van der Waals surface area contributed by atoms with Crippen molar-refractivity contribution in [3.05, 3.63) is 0 Å². The van der Waals surface area contributed by atoms with Crippen molar-refractivity contribution in [1.82, 2.24) is 4.90 Å². The Bertz CT molecular complexity index is 145. The first kappa shape index (κ1) is 8.81. The molecule has 11 heavy (non-hydrogen) atoms. The average Bonchev–Trinajstić information content (AvgIpc) is 1.86. The molecule has 0 aromatic carbocycles. The van der Waals surface area contributed by atoms with E-state index in [0.29, 0.717) is 12.3 Å². The van der Waals surface area contributed by atoms with Gasteiger partial charge in [-0.05, 0) is 0 Å². The largest absolute Gasteiger partial charge is 0.378 e. The molecule has 0 unspecified atom stereocenters. The highest BCUT2D eigenvalue weighted by molar-refractivity contribution is 6.18. The molecule has 0 aromatic rings. The molecule has 3 nitrogen and oxygen atoms in total. The second kappa shape index (κ2) is 3.93. The second-order valence-electron chi connectivity index (χ2n) is 2.60. The summed E-state index contributed by atoms with van der Waals surface area (Å²) in [5.74, 6) is 0.542. The average molecular weight is 178 g/mol. The molecule has 64 valence electrons. The van der Waals surface area contributed by atoms with E-state index in [1.54, 1.807) is 12.0 Å². The number of rotatable bonds is 3. The Kier molecular flexibility index (Phi) is 3.15. The number of amides is 1. The Hall–Kier alpha value is -0.280. The molecule has 0 radical (unpaired) electrons. The van der Waals surface area contributed by atoms with Crippen molar-refractivity contribution in [3.8, 4) is 0 Å². The van der Waals surface area contributed by atoms with E-state index >= 15 is 0 Å². The van der Waals surface area contributed by atoms with Crippen LogP contribution in [0.15, 0.2) is 0 Å². The van der Waals surface area contributed by atoms with Gasteiger partial charge in [-0.15, -0.1) is 11.6 Å². The maximum absolute atomic E-state index is 11.1. The van der Waals surface area contributed by atoms with E-state index in [-0.39, 0.29) is 12.0 Å². The van der Waals surface area contributed by atoms with Gasteiger partial charge in [-0.3, -0.25) is 4.79 Å². The highest BCUT2D eigenvalue weighted by atomic mass is 35.5. The summed E-state index contributed by atoms with van der Waals surface area (Å²) in [7, 11) is 1.66. The zero-order valence-corrected chi connectivity index (χ0v) is 7.30. The van der Waals surface area contributed by atoms with Gasteiger partial charge in [0.05, 0.1) is 6.10 Å². The lowest BCUT2D eigenvalue weighted by atomic mass is 10.1. The van der Waals surface area contributed by atoms with Crippen molar-refractivity contribution in [1.29, 1.82) is 0 Å². The predicted molar refractivity (Wildman–Crippen MR) is 42.7 cm³/mol. The number of carbonyl (C=O) groups is 1. The molecular formula is C7H12ClNO2. The highest BCUT2D eigenvalue weighted by Crippen LogP contribution is 2.11. The number of hydrogen-bond acceptors (Lipinski definition) is 2. The first-order chi connectivity index (χ1) is 5.27. The molecule has 0 aliphatic carbocycles. The molecule has 1 rings (SSSR count). The Morgan fingerprint density at radius 2 is 2.36 bits per heavy atom. The van der Waals surface area contributed by atoms with E-state index in [1.165, 1.54) is 0 Å². The van der Waals surface area contributed by atoms with Crippen molar-refractivity contribution in [2.45, 2.75) is 12.5 Å². The van der Waals surface area contributed by atoms with E-state index in [0.717, 1.165) is 13.1 Å². The summed E-state index contributed by atoms with van der Waals surface area (Å²) >= 11 is 5.41. The zero-order chi connectivity index (χ0) is 8.27. The predicted octanol–water partition coefficient (Wildman–Crippen LogP) is 0.472. The third kappa shape index (κ3) is 2.07. The van der Waals surface area contributed by atoms with Gasteiger partial charge in [0.1, 0.15) is 0 Å². The van der Waals surface area contributed by atoms with Crippen LogP contribution in [0.3, 0.4) is 0 Å². The lowest BCUT2D eigenvalue weighted by molar-refractivity contribution is -0.142. The van der Waals surface area contributed by atoms with Gasteiger partial charge in [0.25, 0.3) is 0 Å². The molecular weight excluding hydrogens is 166 g/mol. The molecule has 1 fully saturated rings. The normalized spacial score (nSPS) is 18.2. The molecule has 1 heterocycles. The molecule has 4 heteroatoms. The van der Waals surface area contributed by atoms with Crippen LogP contribution in [-0.4, -0.2) is 43.0 Å². The fourth-order valence-corrected chi connectivity index (χ4v) is 1.19. The van der Waals surface area contributed by atoms with Crippen LogP contribution in [0.25, 0.3) is 0 Å². The van der Waals surface area contributed by atoms with Gasteiger partial charge in [-0.1, -0.05) is 0 Å². The van der Waals surface area contributed by atoms with Gasteiger partial charge in [-0.2, -0.15) is 0 Å². The zero-order valence-electron chi connectivity index (χ0n) is 6.55. The number of methoxy groups -OCH3 is 1. The van der Waals surface area contributed by atoms with Gasteiger partial charge >= 0.3 is 0 Å². The number of ether oxygens (including phenoxy) is 1. The molecule has 1 saturated heterocycles. The summed E-state index contributed by atoms with van der Waals surface area (Å²) in [6.07, 6.45) is 0.687. The second-order valence-corrected chi connectivity index (χ2v) is 2.97. The lowest BCUT2D eigenvalue weighted by Crippen LogP contribution is -2.54. The van der Waals surface area contributed by atoms with Crippen LogP contribution >= 0.6 is 11.6 Å². The molecule has 1 amide bonds. The standard InChI is InChI=1S/C7H12ClNO2/c1-11-6-4-9(5-6)7(10)2-3-8/h6H,2-5H2,1H3. The van der Waals surface area contributed by atoms with Crippen molar-refractivity contribution < 1.29 is 9.53 Å². The lowest BCUT2D eigenvalue weighted by Gasteiger charge is -2.38. The van der Waals surface area contributed by atoms with Gasteiger partial charge in [0.2, 0.25) is 5.91 Å². The third-order valence-electron chi connectivity index (χ3n) is 1.84. The minimum Gasteiger partial charge on any atom is -0.378 e. The minimum atomic E-state index is 0.133. The first-order valence-corrected chi connectivity index (χ1v) is 4.18. The van der Waals surface area contributed by atoms with E-state index in [2.05, 4.69) is 0 Å². The SMILES string of the molecule is COC1CN(C(=O)CCCl)C1. The Labute approximate surface area is 71.3 Å². The highest BCUT2D eigenvalue weighted by Gasteiger charge is 2.29. The maximum atomic E-state index is 11.1. The van der Waals surface area contributed by atoms with E-state index in [1.807, 2.05) is 0 Å². The van der Waals surface area contributed by atoms with E-state index in [9.17, 15) is 4.79 Å². The summed E-state index contributed by atoms with van der Waals surface area (Å²) in [5.41, 5.74) is 0. The number of likely N-dealkylation sites (tertiary alicyclic amines) is 1. The number of alkyl halides is 1. The van der Waals surface area contributed by atoms with Gasteiger partial charge in [0, 0.05) is 32.5 Å². The summed E-state index contributed by atoms with van der Waals surface area (Å²) in [6.45, 7) is 1.46. The van der Waals surface area contributed by atoms with Crippen molar-refractivity contribution in [2.75, 3.05) is 26.1 Å². The summed E-state index contributed by atoms with van der Waals surface area (Å²) < 4.78 is 5.02. The molecule has 0 saturated carbocycles. The number of hydrogen-bond donors (Lipinski definition) is 0. The van der Waals surface area contributed by atoms with Crippen molar-refractivity contribution in [3.63, 3.8) is 0 Å². The maximum Gasteiger partial charge on any atom is 0.223 e. The molecule has 1 aliphatic heterocycles. The summed E-state index contributed by atoms with van der Waals surface area (Å²) in [4.78, 5) is 12.8. The van der Waals surface area contributed by atoms with E-state index < -0.39 is 0 Å². The molecule has 0 aromatic heterocycles. The monoisotopic (exact) mass is 177 g/mol. The van der Waals surface area contributed by atoms with Crippen LogP contribution in [-0.2, 0) is 9.53 Å². The quantitative estimate of drug-likeness (QED) is 0.587. The minimum absolute atomic E-state index is 0.133. The van der Waals surface area contributed by atoms with Crippen LogP contribution in [0.2, 0.25) is 0 Å². The van der Waals surface area contributed by atoms with Crippen molar-refractivity contribution >= 4 is 17.5 Å². The molecule has 0 atom stereocenters. The number of nitrogens with zero attached hydrogens (tertiary/aromatic N) is 1. The van der Waals surface area contributed by atoms with E-state index in [4.69, 9.17) is 16.3 Å². The van der Waals surface area contributed by atoms with Crippen LogP contribution in [0.5, 0.6) is 0 Å². The van der Waals surface area contributed by atoms with Gasteiger partial charge in [0.15, 0.2) is 0 Å². The van der Waals surface area contributed by atoms with Crippen LogP contribution in [0.1, 0.15) is 6.42 Å². The van der Waals surface area contributed by atoms with Crippen LogP contribution < -0.4 is 0 Å². The number of carbonyl (C=O) groups excluding carboxylic acids is 1. The van der Waals surface area contributed by atoms with Gasteiger partial charge < -0.3 is 9.64 Å². The third-order valence-corrected chi connectivity index (χ3v) is 2.03. The topological polar surface area (TPSA) is 29.5 Å². The number of halogens is 1. The van der Waals surface area contributed by atoms with Crippen LogP contribution in [0, 0.1) is 0 Å². The fourth-order valence-electron chi connectivity index (χ4n) is 1.03. The summed E-state index contributed by atoms with van der Waals surface area (Å²) in [6, 6.07) is 0. The molecule has 0 spiro atoms. The van der Waals surface area contributed by atoms with Crippen LogP contribution in [0.4, 0.5) is 0 Å². The molecule has 0 bridgehead atoms. The first-order valence-electron chi connectivity index (χ1n) is 3.64. The smallest absolute Gasteiger partial charge is 0.223 e. The summed E-state index contributed by atoms with van der Waals surface area (Å²) in [5, 5.41) is 0. The van der Waals surface area contributed by atoms with Crippen molar-refractivity contribution in [2.24, 2.45) is 0 Å².